The van der Waals surface area contributed by atoms with Crippen LogP contribution in [-0.2, 0) is 6.54 Å². The third kappa shape index (κ3) is 4.47. The number of hydrogen-bond acceptors (Lipinski definition) is 3. The van der Waals surface area contributed by atoms with E-state index in [9.17, 15) is 5.11 Å². The van der Waals surface area contributed by atoms with E-state index in [2.05, 4.69) is 27.3 Å². The molecule has 1 aromatic carbocycles. The second-order valence-electron chi connectivity index (χ2n) is 5.63. The molecular formula is C16H24BrNO2. The van der Waals surface area contributed by atoms with Gasteiger partial charge in [-0.25, -0.2) is 0 Å². The molecule has 1 fully saturated rings. The Morgan fingerprint density at radius 1 is 1.35 bits per heavy atom. The van der Waals surface area contributed by atoms with Crippen LogP contribution >= 0.6 is 15.9 Å². The fourth-order valence-corrected chi connectivity index (χ4v) is 2.44. The Labute approximate surface area is 129 Å². The van der Waals surface area contributed by atoms with Crippen molar-refractivity contribution in [1.29, 1.82) is 0 Å². The zero-order valence-electron chi connectivity index (χ0n) is 12.3. The first kappa shape index (κ1) is 15.8. The van der Waals surface area contributed by atoms with Gasteiger partial charge in [0, 0.05) is 22.6 Å². The summed E-state index contributed by atoms with van der Waals surface area (Å²) in [6, 6.07) is 6.71. The van der Waals surface area contributed by atoms with Gasteiger partial charge in [0.1, 0.15) is 12.4 Å². The summed E-state index contributed by atoms with van der Waals surface area (Å²) in [5, 5.41) is 13.8. The van der Waals surface area contributed by atoms with Crippen LogP contribution in [0.15, 0.2) is 22.7 Å². The van der Waals surface area contributed by atoms with Crippen molar-refractivity contribution >= 4 is 15.9 Å². The van der Waals surface area contributed by atoms with Gasteiger partial charge in [-0.3, -0.25) is 0 Å². The Morgan fingerprint density at radius 3 is 2.65 bits per heavy atom. The summed E-state index contributed by atoms with van der Waals surface area (Å²) >= 11 is 3.50. The Hall–Kier alpha value is -0.580. The lowest BCUT2D eigenvalue weighted by Gasteiger charge is -2.26. The van der Waals surface area contributed by atoms with Gasteiger partial charge < -0.3 is 15.2 Å². The first-order valence-electron chi connectivity index (χ1n) is 7.43. The van der Waals surface area contributed by atoms with Crippen LogP contribution in [0.4, 0.5) is 0 Å². The Kier molecular flexibility index (Phi) is 5.47. The monoisotopic (exact) mass is 341 g/mol. The molecule has 0 spiro atoms. The predicted molar refractivity (Wildman–Crippen MR) is 85.0 cm³/mol. The highest BCUT2D eigenvalue weighted by atomic mass is 79.9. The van der Waals surface area contributed by atoms with E-state index >= 15 is 0 Å². The van der Waals surface area contributed by atoms with Crippen LogP contribution < -0.4 is 10.1 Å². The molecule has 4 heteroatoms. The van der Waals surface area contributed by atoms with Gasteiger partial charge in [0.25, 0.3) is 0 Å². The van der Waals surface area contributed by atoms with Crippen LogP contribution in [0.3, 0.4) is 0 Å². The molecule has 1 aliphatic rings. The maximum absolute atomic E-state index is 10.3. The van der Waals surface area contributed by atoms with Crippen molar-refractivity contribution in [3.63, 3.8) is 0 Å². The second-order valence-corrected chi connectivity index (χ2v) is 6.54. The van der Waals surface area contributed by atoms with Gasteiger partial charge in [-0.1, -0.05) is 29.8 Å². The van der Waals surface area contributed by atoms with Crippen molar-refractivity contribution in [3.05, 3.63) is 28.2 Å². The zero-order chi connectivity index (χ0) is 14.6. The van der Waals surface area contributed by atoms with E-state index in [1.165, 1.54) is 12.8 Å². The number of hydrogen-bond donors (Lipinski definition) is 2. The Bertz CT molecular complexity index is 442. The molecule has 2 rings (SSSR count). The minimum atomic E-state index is -0.728. The summed E-state index contributed by atoms with van der Waals surface area (Å²) in [6.45, 7) is 5.14. The summed E-state index contributed by atoms with van der Waals surface area (Å²) in [5.41, 5.74) is 0.412. The first-order chi connectivity index (χ1) is 9.56. The summed E-state index contributed by atoms with van der Waals surface area (Å²) in [4.78, 5) is 0. The molecule has 112 valence electrons. The van der Waals surface area contributed by atoms with E-state index in [1.807, 2.05) is 26.0 Å². The highest BCUT2D eigenvalue weighted by Crippen LogP contribution is 2.27. The molecule has 0 heterocycles. The van der Waals surface area contributed by atoms with Gasteiger partial charge in [-0.2, -0.15) is 0 Å². The standard InChI is InChI=1S/C16H24BrNO2/c1-3-16(19,4-2)11-20-15-8-5-13(17)9-12(15)10-18-14-6-7-14/h5,8-9,14,18-19H,3-4,6-7,10-11H2,1-2H3. The second kappa shape index (κ2) is 6.92. The lowest BCUT2D eigenvalue weighted by molar-refractivity contribution is -0.0116. The maximum Gasteiger partial charge on any atom is 0.124 e. The normalized spacial score (nSPS) is 15.4. The number of aliphatic hydroxyl groups is 1. The Morgan fingerprint density at radius 2 is 2.05 bits per heavy atom. The van der Waals surface area contributed by atoms with Crippen LogP contribution in [-0.4, -0.2) is 23.4 Å². The number of ether oxygens (including phenoxy) is 1. The molecule has 0 aliphatic heterocycles. The van der Waals surface area contributed by atoms with E-state index in [-0.39, 0.29) is 0 Å². The molecule has 1 saturated carbocycles. The molecule has 0 radical (unpaired) electrons. The van der Waals surface area contributed by atoms with Crippen LogP contribution in [0, 0.1) is 0 Å². The van der Waals surface area contributed by atoms with E-state index < -0.39 is 5.60 Å². The van der Waals surface area contributed by atoms with Gasteiger partial charge in [-0.15, -0.1) is 0 Å². The molecule has 0 bridgehead atoms. The van der Waals surface area contributed by atoms with Crippen LogP contribution in [0.2, 0.25) is 0 Å². The van der Waals surface area contributed by atoms with Crippen LogP contribution in [0.5, 0.6) is 5.75 Å². The minimum Gasteiger partial charge on any atom is -0.490 e. The van der Waals surface area contributed by atoms with E-state index in [0.29, 0.717) is 25.5 Å². The van der Waals surface area contributed by atoms with E-state index in [0.717, 1.165) is 22.3 Å². The predicted octanol–water partition coefficient (Wildman–Crippen LogP) is 3.63. The van der Waals surface area contributed by atoms with Crippen LogP contribution in [0.1, 0.15) is 45.1 Å². The van der Waals surface area contributed by atoms with Gasteiger partial charge in [0.2, 0.25) is 0 Å². The van der Waals surface area contributed by atoms with Crippen molar-refractivity contribution in [1.82, 2.24) is 5.32 Å². The first-order valence-corrected chi connectivity index (χ1v) is 8.22. The summed E-state index contributed by atoms with van der Waals surface area (Å²) in [7, 11) is 0. The van der Waals surface area contributed by atoms with Crippen molar-refractivity contribution in [2.75, 3.05) is 6.61 Å². The lowest BCUT2D eigenvalue weighted by Crippen LogP contribution is -2.34. The molecular weight excluding hydrogens is 318 g/mol. The topological polar surface area (TPSA) is 41.5 Å². The number of benzene rings is 1. The molecule has 0 amide bonds. The smallest absolute Gasteiger partial charge is 0.124 e. The lowest BCUT2D eigenvalue weighted by atomic mass is 9.99. The van der Waals surface area contributed by atoms with E-state index in [4.69, 9.17) is 4.74 Å². The van der Waals surface area contributed by atoms with E-state index in [1.54, 1.807) is 0 Å². The molecule has 0 unspecified atom stereocenters. The van der Waals surface area contributed by atoms with Gasteiger partial charge in [-0.05, 0) is 43.9 Å². The van der Waals surface area contributed by atoms with Crippen molar-refractivity contribution in [2.45, 2.75) is 57.7 Å². The molecule has 1 aliphatic carbocycles. The van der Waals surface area contributed by atoms with Gasteiger partial charge in [0.15, 0.2) is 0 Å². The third-order valence-electron chi connectivity index (χ3n) is 3.99. The number of halogens is 1. The quantitative estimate of drug-likeness (QED) is 0.758. The van der Waals surface area contributed by atoms with Gasteiger partial charge >= 0.3 is 0 Å². The average Bonchev–Trinajstić information content (AvgIpc) is 3.28. The largest absolute Gasteiger partial charge is 0.490 e. The number of rotatable bonds is 8. The summed E-state index contributed by atoms with van der Waals surface area (Å²) in [6.07, 6.45) is 3.95. The molecule has 0 atom stereocenters. The maximum atomic E-state index is 10.3. The molecule has 0 aromatic heterocycles. The van der Waals surface area contributed by atoms with Crippen molar-refractivity contribution in [3.8, 4) is 5.75 Å². The fourth-order valence-electron chi connectivity index (χ4n) is 2.03. The highest BCUT2D eigenvalue weighted by Gasteiger charge is 2.24. The van der Waals surface area contributed by atoms with Gasteiger partial charge in [0.05, 0.1) is 5.60 Å². The van der Waals surface area contributed by atoms with Crippen LogP contribution in [0.25, 0.3) is 0 Å². The third-order valence-corrected chi connectivity index (χ3v) is 4.49. The number of nitrogens with one attached hydrogen (secondary N) is 1. The Balaban J connectivity index is 2.01. The minimum absolute atomic E-state index is 0.345. The molecule has 2 N–H and O–H groups in total. The molecule has 3 nitrogen and oxygen atoms in total. The van der Waals surface area contributed by atoms with Crippen molar-refractivity contribution < 1.29 is 9.84 Å². The molecule has 1 aromatic rings. The summed E-state index contributed by atoms with van der Waals surface area (Å²) in [5.74, 6) is 0.863. The van der Waals surface area contributed by atoms with Crippen molar-refractivity contribution in [2.24, 2.45) is 0 Å². The molecule has 20 heavy (non-hydrogen) atoms. The fraction of sp³-hybridized carbons (Fsp3) is 0.625. The molecule has 0 saturated heterocycles. The average molecular weight is 342 g/mol. The zero-order valence-corrected chi connectivity index (χ0v) is 13.9. The summed E-state index contributed by atoms with van der Waals surface area (Å²) < 4.78 is 6.94. The highest BCUT2D eigenvalue weighted by molar-refractivity contribution is 9.10. The SMILES string of the molecule is CCC(O)(CC)COc1ccc(Br)cc1CNC1CC1.